The van der Waals surface area contributed by atoms with E-state index in [1.807, 2.05) is 67.6 Å². The van der Waals surface area contributed by atoms with Gasteiger partial charge in [-0.3, -0.25) is 4.79 Å². The molecule has 2 aromatic carbocycles. The van der Waals surface area contributed by atoms with Gasteiger partial charge in [0.25, 0.3) is 0 Å². The molecule has 0 saturated heterocycles. The number of hydrogen-bond acceptors (Lipinski definition) is 5. The van der Waals surface area contributed by atoms with E-state index in [4.69, 9.17) is 0 Å². The fourth-order valence-electron chi connectivity index (χ4n) is 2.72. The van der Waals surface area contributed by atoms with E-state index >= 15 is 0 Å². The molecule has 132 valence electrons. The highest BCUT2D eigenvalue weighted by molar-refractivity contribution is 5.94. The Morgan fingerprint density at radius 2 is 1.73 bits per heavy atom. The zero-order chi connectivity index (χ0) is 18.5. The molecule has 0 aliphatic rings. The molecule has 0 aliphatic heterocycles. The molecule has 0 atom stereocenters. The second-order valence-electron chi connectivity index (χ2n) is 6.03. The predicted octanol–water partition coefficient (Wildman–Crippen LogP) is 4.89. The van der Waals surface area contributed by atoms with Crippen LogP contribution in [-0.2, 0) is 0 Å². The normalized spacial score (nSPS) is 10.4. The monoisotopic (exact) mass is 346 g/mol. The van der Waals surface area contributed by atoms with Crippen molar-refractivity contribution in [1.29, 1.82) is 0 Å². The van der Waals surface area contributed by atoms with Crippen molar-refractivity contribution >= 4 is 28.9 Å². The maximum Gasteiger partial charge on any atom is 0.232 e. The number of hydrogen-bond donors (Lipinski definition) is 1. The molecule has 1 heterocycles. The molecular formula is C21H22N4O. The fraction of sp³-hybridized carbons (Fsp3) is 0.190. The van der Waals surface area contributed by atoms with Gasteiger partial charge in [0.05, 0.1) is 0 Å². The van der Waals surface area contributed by atoms with Crippen molar-refractivity contribution in [2.24, 2.45) is 0 Å². The Morgan fingerprint density at radius 3 is 2.35 bits per heavy atom. The van der Waals surface area contributed by atoms with Crippen molar-refractivity contribution in [3.8, 4) is 0 Å². The quantitative estimate of drug-likeness (QED) is 0.644. The zero-order valence-electron chi connectivity index (χ0n) is 15.2. The van der Waals surface area contributed by atoms with E-state index in [0.717, 1.165) is 29.4 Å². The van der Waals surface area contributed by atoms with Crippen molar-refractivity contribution in [2.75, 3.05) is 16.8 Å². The van der Waals surface area contributed by atoms with Crippen molar-refractivity contribution in [3.05, 3.63) is 71.9 Å². The molecule has 0 bridgehead atoms. The summed E-state index contributed by atoms with van der Waals surface area (Å²) < 4.78 is 0. The second kappa shape index (κ2) is 7.78. The average molecular weight is 346 g/mol. The molecule has 1 aromatic heterocycles. The van der Waals surface area contributed by atoms with Gasteiger partial charge in [0.15, 0.2) is 5.78 Å². The summed E-state index contributed by atoms with van der Waals surface area (Å²) >= 11 is 0. The van der Waals surface area contributed by atoms with E-state index in [-0.39, 0.29) is 5.78 Å². The minimum absolute atomic E-state index is 0.0539. The number of para-hydroxylation sites is 1. The van der Waals surface area contributed by atoms with Crippen molar-refractivity contribution in [2.45, 2.75) is 20.8 Å². The Labute approximate surface area is 153 Å². The van der Waals surface area contributed by atoms with Gasteiger partial charge in [-0.05, 0) is 57.2 Å². The lowest BCUT2D eigenvalue weighted by atomic mass is 10.1. The van der Waals surface area contributed by atoms with Gasteiger partial charge >= 0.3 is 0 Å². The molecule has 3 aromatic rings. The van der Waals surface area contributed by atoms with Gasteiger partial charge in [0, 0.05) is 35.2 Å². The van der Waals surface area contributed by atoms with Gasteiger partial charge in [-0.2, -0.15) is 4.98 Å². The SMILES string of the molecule is CCN(c1ccccc1)c1nc(C)cc(Nc2ccc(C(C)=O)cc2)n1. The number of aryl methyl sites for hydroxylation is 1. The van der Waals surface area contributed by atoms with E-state index in [1.54, 1.807) is 6.92 Å². The molecule has 5 heteroatoms. The molecule has 0 spiro atoms. The van der Waals surface area contributed by atoms with Crippen LogP contribution >= 0.6 is 0 Å². The Morgan fingerprint density at radius 1 is 1.04 bits per heavy atom. The highest BCUT2D eigenvalue weighted by Crippen LogP contribution is 2.24. The summed E-state index contributed by atoms with van der Waals surface area (Å²) in [5.74, 6) is 1.43. The van der Waals surface area contributed by atoms with E-state index in [0.29, 0.717) is 11.5 Å². The first-order valence-corrected chi connectivity index (χ1v) is 8.63. The molecule has 5 nitrogen and oxygen atoms in total. The fourth-order valence-corrected chi connectivity index (χ4v) is 2.72. The number of nitrogens with one attached hydrogen (secondary N) is 1. The summed E-state index contributed by atoms with van der Waals surface area (Å²) in [6, 6.07) is 19.4. The van der Waals surface area contributed by atoms with Crippen LogP contribution in [0.1, 0.15) is 29.9 Å². The number of Topliss-reactive ketones (excluding diaryl/α,β-unsaturated/α-hetero) is 1. The van der Waals surface area contributed by atoms with Gasteiger partial charge in [-0.25, -0.2) is 4.98 Å². The number of ketones is 1. The van der Waals surface area contributed by atoms with Crippen molar-refractivity contribution in [1.82, 2.24) is 9.97 Å². The van der Waals surface area contributed by atoms with Crippen LogP contribution in [0, 0.1) is 6.92 Å². The maximum atomic E-state index is 11.4. The van der Waals surface area contributed by atoms with E-state index < -0.39 is 0 Å². The second-order valence-corrected chi connectivity index (χ2v) is 6.03. The third-order valence-corrected chi connectivity index (χ3v) is 4.03. The number of carbonyl (C=O) groups excluding carboxylic acids is 1. The summed E-state index contributed by atoms with van der Waals surface area (Å²) in [6.45, 7) is 6.35. The third kappa shape index (κ3) is 4.06. The third-order valence-electron chi connectivity index (χ3n) is 4.03. The first-order chi connectivity index (χ1) is 12.6. The molecule has 0 radical (unpaired) electrons. The number of anilines is 4. The molecule has 0 aliphatic carbocycles. The van der Waals surface area contributed by atoms with E-state index in [1.165, 1.54) is 0 Å². The van der Waals surface area contributed by atoms with Crippen LogP contribution in [0.25, 0.3) is 0 Å². The molecule has 1 N–H and O–H groups in total. The van der Waals surface area contributed by atoms with Gasteiger partial charge in [0.1, 0.15) is 5.82 Å². The van der Waals surface area contributed by atoms with Crippen molar-refractivity contribution < 1.29 is 4.79 Å². The lowest BCUT2D eigenvalue weighted by molar-refractivity contribution is 0.101. The van der Waals surface area contributed by atoms with Gasteiger partial charge in [-0.15, -0.1) is 0 Å². The summed E-state index contributed by atoms with van der Waals surface area (Å²) in [6.07, 6.45) is 0. The molecule has 0 fully saturated rings. The van der Waals surface area contributed by atoms with Crippen LogP contribution in [0.3, 0.4) is 0 Å². The zero-order valence-corrected chi connectivity index (χ0v) is 15.2. The molecule has 0 amide bonds. The van der Waals surface area contributed by atoms with Crippen LogP contribution in [-0.4, -0.2) is 22.3 Å². The predicted molar refractivity (Wildman–Crippen MR) is 106 cm³/mol. The maximum absolute atomic E-state index is 11.4. The number of carbonyl (C=O) groups is 1. The Bertz CT molecular complexity index is 892. The first-order valence-electron chi connectivity index (χ1n) is 8.63. The lowest BCUT2D eigenvalue weighted by Crippen LogP contribution is -2.19. The van der Waals surface area contributed by atoms with Crippen LogP contribution < -0.4 is 10.2 Å². The molecule has 0 unspecified atom stereocenters. The van der Waals surface area contributed by atoms with Crippen LogP contribution in [0.4, 0.5) is 23.1 Å². The van der Waals surface area contributed by atoms with Gasteiger partial charge in [-0.1, -0.05) is 18.2 Å². The summed E-state index contributed by atoms with van der Waals surface area (Å²) in [5.41, 5.74) is 3.50. The highest BCUT2D eigenvalue weighted by atomic mass is 16.1. The van der Waals surface area contributed by atoms with Crippen molar-refractivity contribution in [3.63, 3.8) is 0 Å². The standard InChI is InChI=1S/C21H22N4O/c1-4-25(19-8-6-5-7-9-19)21-22-15(2)14-20(24-21)23-18-12-10-17(11-13-18)16(3)26/h5-14H,4H2,1-3H3,(H,22,23,24). The summed E-state index contributed by atoms with van der Waals surface area (Å²) in [5, 5.41) is 3.29. The highest BCUT2D eigenvalue weighted by Gasteiger charge is 2.12. The molecule has 3 rings (SSSR count). The van der Waals surface area contributed by atoms with E-state index in [9.17, 15) is 4.79 Å². The Hall–Kier alpha value is -3.21. The summed E-state index contributed by atoms with van der Waals surface area (Å²) in [4.78, 5) is 22.7. The van der Waals surface area contributed by atoms with Gasteiger partial charge in [0.2, 0.25) is 5.95 Å². The minimum Gasteiger partial charge on any atom is -0.340 e. The van der Waals surface area contributed by atoms with Gasteiger partial charge < -0.3 is 10.2 Å². The minimum atomic E-state index is 0.0539. The first kappa shape index (κ1) is 17.6. The Kier molecular flexibility index (Phi) is 5.27. The van der Waals surface area contributed by atoms with Crippen LogP contribution in [0.15, 0.2) is 60.7 Å². The topological polar surface area (TPSA) is 58.1 Å². The lowest BCUT2D eigenvalue weighted by Gasteiger charge is -2.22. The van der Waals surface area contributed by atoms with Crippen LogP contribution in [0.2, 0.25) is 0 Å². The van der Waals surface area contributed by atoms with Crippen LogP contribution in [0.5, 0.6) is 0 Å². The van der Waals surface area contributed by atoms with E-state index in [2.05, 4.69) is 27.1 Å². The average Bonchev–Trinajstić information content (AvgIpc) is 2.63. The largest absolute Gasteiger partial charge is 0.340 e. The molecule has 0 saturated carbocycles. The smallest absolute Gasteiger partial charge is 0.232 e. The number of nitrogens with zero attached hydrogens (tertiary/aromatic N) is 3. The molecule has 26 heavy (non-hydrogen) atoms. The Balaban J connectivity index is 1.88. The number of benzene rings is 2. The number of rotatable bonds is 6. The number of aromatic nitrogens is 2. The summed E-state index contributed by atoms with van der Waals surface area (Å²) in [7, 11) is 0. The molecular weight excluding hydrogens is 324 g/mol.